The topological polar surface area (TPSA) is 15.3 Å². The third kappa shape index (κ3) is 5.35. The van der Waals surface area contributed by atoms with Gasteiger partial charge in [-0.15, -0.1) is 12.4 Å². The van der Waals surface area contributed by atoms with Crippen LogP contribution in [-0.4, -0.2) is 31.1 Å². The van der Waals surface area contributed by atoms with Crippen LogP contribution in [0.4, 0.5) is 13.2 Å². The van der Waals surface area contributed by atoms with Gasteiger partial charge in [0, 0.05) is 36.7 Å². The van der Waals surface area contributed by atoms with Gasteiger partial charge in [-0.3, -0.25) is 4.90 Å². The number of hydrogen-bond acceptors (Lipinski definition) is 2. The molecule has 24 heavy (non-hydrogen) atoms. The van der Waals surface area contributed by atoms with Crippen LogP contribution in [-0.2, 0) is 6.18 Å². The van der Waals surface area contributed by atoms with Crippen molar-refractivity contribution in [2.24, 2.45) is 5.92 Å². The smallest absolute Gasteiger partial charge is 0.314 e. The van der Waals surface area contributed by atoms with Crippen LogP contribution in [0.2, 0.25) is 0 Å². The van der Waals surface area contributed by atoms with Crippen molar-refractivity contribution < 1.29 is 13.2 Å². The van der Waals surface area contributed by atoms with Crippen LogP contribution in [0.5, 0.6) is 0 Å². The Bertz CT molecular complexity index is 519. The molecule has 2 rings (SSSR count). The van der Waals surface area contributed by atoms with Gasteiger partial charge >= 0.3 is 6.18 Å². The van der Waals surface area contributed by atoms with Gasteiger partial charge < -0.3 is 5.32 Å². The molecule has 1 N–H and O–H groups in total. The normalized spacial score (nSPS) is 18.8. The van der Waals surface area contributed by atoms with Gasteiger partial charge in [-0.1, -0.05) is 36.2 Å². The number of alkyl halides is 3. The molecule has 1 aromatic carbocycles. The van der Waals surface area contributed by atoms with Crippen LogP contribution in [0.1, 0.15) is 43.9 Å². The lowest BCUT2D eigenvalue weighted by atomic mass is 9.88. The van der Waals surface area contributed by atoms with Crippen molar-refractivity contribution in [1.29, 1.82) is 0 Å². The van der Waals surface area contributed by atoms with E-state index in [0.29, 0.717) is 5.92 Å². The van der Waals surface area contributed by atoms with Crippen molar-refractivity contribution in [3.63, 3.8) is 0 Å². The SMILES string of the molecule is CCCC(C)[C@H](c1cc(C(F)(F)F)ccc1Br)N1CCNCC1.Cl. The first kappa shape index (κ1) is 21.7. The van der Waals surface area contributed by atoms with E-state index < -0.39 is 11.7 Å². The second kappa shape index (κ2) is 9.41. The number of benzene rings is 1. The summed E-state index contributed by atoms with van der Waals surface area (Å²) in [5, 5.41) is 3.31. The third-order valence-electron chi connectivity index (χ3n) is 4.47. The zero-order chi connectivity index (χ0) is 17.0. The van der Waals surface area contributed by atoms with Crippen LogP contribution in [0.25, 0.3) is 0 Å². The molecule has 1 aliphatic heterocycles. The van der Waals surface area contributed by atoms with E-state index in [-0.39, 0.29) is 18.4 Å². The van der Waals surface area contributed by atoms with Gasteiger partial charge in [0.1, 0.15) is 0 Å². The fourth-order valence-corrected chi connectivity index (χ4v) is 3.86. The summed E-state index contributed by atoms with van der Waals surface area (Å²) < 4.78 is 40.1. The molecule has 0 radical (unpaired) electrons. The third-order valence-corrected chi connectivity index (χ3v) is 5.19. The fourth-order valence-electron chi connectivity index (χ4n) is 3.38. The van der Waals surface area contributed by atoms with Gasteiger partial charge in [0.15, 0.2) is 0 Å². The number of nitrogens with zero attached hydrogens (tertiary/aromatic N) is 1. The van der Waals surface area contributed by atoms with Crippen LogP contribution in [0, 0.1) is 5.92 Å². The molecule has 1 aliphatic rings. The number of hydrogen-bond donors (Lipinski definition) is 1. The molecule has 0 spiro atoms. The van der Waals surface area contributed by atoms with Crippen LogP contribution in [0.15, 0.2) is 22.7 Å². The molecule has 2 nitrogen and oxygen atoms in total. The maximum absolute atomic E-state index is 13.1. The Hall–Kier alpha value is -0.300. The van der Waals surface area contributed by atoms with Crippen molar-refractivity contribution in [1.82, 2.24) is 10.2 Å². The van der Waals surface area contributed by atoms with Crippen LogP contribution in [0.3, 0.4) is 0 Å². The highest BCUT2D eigenvalue weighted by Crippen LogP contribution is 2.39. The molecule has 0 saturated carbocycles. The molecular formula is C17H25BrClF3N2. The molecule has 138 valence electrons. The Labute approximate surface area is 156 Å². The molecule has 0 amide bonds. The first-order valence-electron chi connectivity index (χ1n) is 8.16. The molecule has 1 aromatic rings. The lowest BCUT2D eigenvalue weighted by Gasteiger charge is -2.39. The number of nitrogens with one attached hydrogen (secondary N) is 1. The van der Waals surface area contributed by atoms with E-state index in [0.717, 1.165) is 55.1 Å². The molecule has 1 unspecified atom stereocenters. The molecule has 1 fully saturated rings. The summed E-state index contributed by atoms with van der Waals surface area (Å²) in [6.45, 7) is 7.75. The molecule has 0 bridgehead atoms. The lowest BCUT2D eigenvalue weighted by molar-refractivity contribution is -0.137. The zero-order valence-corrected chi connectivity index (χ0v) is 16.4. The summed E-state index contributed by atoms with van der Waals surface area (Å²) in [6, 6.07) is 4.01. The van der Waals surface area contributed by atoms with E-state index in [4.69, 9.17) is 0 Å². The summed E-state index contributed by atoms with van der Waals surface area (Å²) >= 11 is 3.47. The minimum Gasteiger partial charge on any atom is -0.314 e. The maximum atomic E-state index is 13.1. The average Bonchev–Trinajstić information content (AvgIpc) is 2.49. The number of piperazine rings is 1. The molecule has 0 aromatic heterocycles. The standard InChI is InChI=1S/C17H24BrF3N2.ClH/c1-3-4-12(2)16(23-9-7-22-8-10-23)14-11-13(17(19,20)21)5-6-15(14)18;/h5-6,11-12,16,22H,3-4,7-10H2,1-2H3;1H/t12?,16-;/m1./s1. The summed E-state index contributed by atoms with van der Waals surface area (Å²) in [6.07, 6.45) is -2.28. The molecule has 1 saturated heterocycles. The monoisotopic (exact) mass is 428 g/mol. The van der Waals surface area contributed by atoms with Gasteiger partial charge in [0.2, 0.25) is 0 Å². The average molecular weight is 430 g/mol. The van der Waals surface area contributed by atoms with Crippen molar-refractivity contribution in [3.05, 3.63) is 33.8 Å². The summed E-state index contributed by atoms with van der Waals surface area (Å²) in [4.78, 5) is 2.32. The molecule has 1 heterocycles. The predicted molar refractivity (Wildman–Crippen MR) is 97.6 cm³/mol. The largest absolute Gasteiger partial charge is 0.416 e. The second-order valence-electron chi connectivity index (χ2n) is 6.23. The summed E-state index contributed by atoms with van der Waals surface area (Å²) in [5.74, 6) is 0.304. The van der Waals surface area contributed by atoms with E-state index >= 15 is 0 Å². The molecule has 7 heteroatoms. The summed E-state index contributed by atoms with van der Waals surface area (Å²) in [5.41, 5.74) is 0.183. The van der Waals surface area contributed by atoms with Crippen LogP contribution < -0.4 is 5.32 Å². The second-order valence-corrected chi connectivity index (χ2v) is 7.09. The number of rotatable bonds is 5. The minimum atomic E-state index is -4.31. The van der Waals surface area contributed by atoms with E-state index in [9.17, 15) is 13.2 Å². The first-order chi connectivity index (χ1) is 10.8. The van der Waals surface area contributed by atoms with Crippen molar-refractivity contribution in [2.75, 3.05) is 26.2 Å². The van der Waals surface area contributed by atoms with Crippen LogP contribution >= 0.6 is 28.3 Å². The Morgan fingerprint density at radius 3 is 2.42 bits per heavy atom. The highest BCUT2D eigenvalue weighted by atomic mass is 79.9. The lowest BCUT2D eigenvalue weighted by Crippen LogP contribution is -2.46. The van der Waals surface area contributed by atoms with Gasteiger partial charge in [0.25, 0.3) is 0 Å². The van der Waals surface area contributed by atoms with Gasteiger partial charge in [-0.25, -0.2) is 0 Å². The molecule has 0 aliphatic carbocycles. The quantitative estimate of drug-likeness (QED) is 0.686. The van der Waals surface area contributed by atoms with Crippen molar-refractivity contribution in [2.45, 2.75) is 38.9 Å². The van der Waals surface area contributed by atoms with E-state index in [1.807, 2.05) is 0 Å². The fraction of sp³-hybridized carbons (Fsp3) is 0.647. The Kier molecular flexibility index (Phi) is 8.53. The highest BCUT2D eigenvalue weighted by molar-refractivity contribution is 9.10. The first-order valence-corrected chi connectivity index (χ1v) is 8.95. The van der Waals surface area contributed by atoms with E-state index in [1.54, 1.807) is 0 Å². The summed E-state index contributed by atoms with van der Waals surface area (Å²) in [7, 11) is 0. The van der Waals surface area contributed by atoms with E-state index in [1.165, 1.54) is 12.1 Å². The Morgan fingerprint density at radius 1 is 1.25 bits per heavy atom. The molecular weight excluding hydrogens is 405 g/mol. The Morgan fingerprint density at radius 2 is 1.88 bits per heavy atom. The Balaban J connectivity index is 0.00000288. The van der Waals surface area contributed by atoms with E-state index in [2.05, 4.69) is 40.0 Å². The maximum Gasteiger partial charge on any atom is 0.416 e. The van der Waals surface area contributed by atoms with Gasteiger partial charge in [0.05, 0.1) is 5.56 Å². The van der Waals surface area contributed by atoms with Gasteiger partial charge in [-0.05, 0) is 36.1 Å². The predicted octanol–water partition coefficient (Wildman–Crippen LogP) is 5.27. The van der Waals surface area contributed by atoms with Crippen molar-refractivity contribution >= 4 is 28.3 Å². The zero-order valence-electron chi connectivity index (χ0n) is 14.0. The highest BCUT2D eigenvalue weighted by Gasteiger charge is 2.34. The minimum absolute atomic E-state index is 0. The number of halogens is 5. The van der Waals surface area contributed by atoms with Crippen molar-refractivity contribution in [3.8, 4) is 0 Å². The van der Waals surface area contributed by atoms with Gasteiger partial charge in [-0.2, -0.15) is 13.2 Å². The molecule has 2 atom stereocenters.